The highest BCUT2D eigenvalue weighted by Gasteiger charge is 2.46. The largest absolute Gasteiger partial charge is 0.507 e. The molecule has 2 aromatic rings. The molecule has 0 spiro atoms. The summed E-state index contributed by atoms with van der Waals surface area (Å²) in [6.07, 6.45) is 7.12. The van der Waals surface area contributed by atoms with Gasteiger partial charge in [-0.15, -0.1) is 0 Å². The molecular weight excluding hydrogens is 356 g/mol. The molecule has 0 radical (unpaired) electrons. The molecule has 4 rings (SSSR count). The van der Waals surface area contributed by atoms with Crippen LogP contribution in [0, 0.1) is 12.8 Å². The molecule has 148 valence electrons. The van der Waals surface area contributed by atoms with Crippen LogP contribution in [-0.4, -0.2) is 21.6 Å². The van der Waals surface area contributed by atoms with Gasteiger partial charge in [0.1, 0.15) is 22.9 Å². The molecule has 2 heterocycles. The van der Waals surface area contributed by atoms with Crippen LogP contribution >= 0.6 is 0 Å². The van der Waals surface area contributed by atoms with Gasteiger partial charge in [0.05, 0.1) is 18.3 Å². The number of aromatic nitrogens is 1. The van der Waals surface area contributed by atoms with Crippen LogP contribution in [0.1, 0.15) is 66.8 Å². The molecule has 2 atom stereocenters. The number of phenolic OH excluding ortho intramolecular Hbond substituents is 1. The average molecular weight is 382 g/mol. The second kappa shape index (κ2) is 6.69. The summed E-state index contributed by atoms with van der Waals surface area (Å²) in [6.45, 7) is 8.35. The van der Waals surface area contributed by atoms with Crippen molar-refractivity contribution in [3.05, 3.63) is 52.8 Å². The summed E-state index contributed by atoms with van der Waals surface area (Å²) in [5.41, 5.74) is 2.66. The summed E-state index contributed by atoms with van der Waals surface area (Å²) in [6, 6.07) is 1.87. The summed E-state index contributed by atoms with van der Waals surface area (Å²) in [5, 5.41) is 13.9. The van der Waals surface area contributed by atoms with Crippen LogP contribution in [0.3, 0.4) is 0 Å². The van der Waals surface area contributed by atoms with Gasteiger partial charge in [-0.05, 0) is 52.2 Å². The van der Waals surface area contributed by atoms with Gasteiger partial charge < -0.3 is 19.6 Å². The first kappa shape index (κ1) is 18.6. The molecule has 1 aliphatic heterocycles. The van der Waals surface area contributed by atoms with Crippen LogP contribution in [0.5, 0.6) is 11.5 Å². The average Bonchev–Trinajstić information content (AvgIpc) is 3.12. The maximum absolute atomic E-state index is 12.8. The number of hydrogen-bond donors (Lipinski definition) is 2. The summed E-state index contributed by atoms with van der Waals surface area (Å²) in [5.74, 6) is 1.18. The lowest BCUT2D eigenvalue weighted by Crippen LogP contribution is -2.45. The second-order valence-electron chi connectivity index (χ2n) is 8.37. The molecule has 0 saturated heterocycles. The standard InChI is InChI=1S/C22H26N2O4/c1-12-5-6-16-15(7-12)19-17(28-22(16,3)4)8-13(2)18(20(19)25)21(26)24-10-14-9-23-11-27-14/h7-9,11,15-16,25H,5-6,10H2,1-4H3,(H,24,26). The number of nitrogens with zero attached hydrogens (tertiary/aromatic N) is 1. The Morgan fingerprint density at radius 3 is 2.89 bits per heavy atom. The van der Waals surface area contributed by atoms with Gasteiger partial charge in [-0.25, -0.2) is 4.98 Å². The Morgan fingerprint density at radius 1 is 1.39 bits per heavy atom. The van der Waals surface area contributed by atoms with E-state index in [1.165, 1.54) is 12.0 Å². The van der Waals surface area contributed by atoms with Crippen molar-refractivity contribution in [2.24, 2.45) is 5.92 Å². The van der Waals surface area contributed by atoms with Crippen LogP contribution in [0.2, 0.25) is 0 Å². The van der Waals surface area contributed by atoms with Crippen molar-refractivity contribution in [3.8, 4) is 11.5 Å². The minimum absolute atomic E-state index is 0.0153. The van der Waals surface area contributed by atoms with E-state index in [-0.39, 0.29) is 41.2 Å². The molecular formula is C22H26N2O4. The number of hydrogen-bond acceptors (Lipinski definition) is 5. The highest BCUT2D eigenvalue weighted by atomic mass is 16.5. The first-order valence-electron chi connectivity index (χ1n) is 9.66. The maximum Gasteiger partial charge on any atom is 0.255 e. The van der Waals surface area contributed by atoms with Gasteiger partial charge in [0.25, 0.3) is 5.91 Å². The SMILES string of the molecule is CC1=CC2c3c(cc(C)c(C(=O)NCc4cnco4)c3O)OC(C)(C)C2CC1. The fraction of sp³-hybridized carbons (Fsp3) is 0.455. The fourth-order valence-corrected chi connectivity index (χ4v) is 4.56. The Morgan fingerprint density at radius 2 is 2.18 bits per heavy atom. The first-order valence-corrected chi connectivity index (χ1v) is 9.66. The predicted octanol–water partition coefficient (Wildman–Crippen LogP) is 4.23. The number of amides is 1. The number of phenols is 1. The highest BCUT2D eigenvalue weighted by molar-refractivity contribution is 5.99. The lowest BCUT2D eigenvalue weighted by atomic mass is 9.67. The second-order valence-corrected chi connectivity index (χ2v) is 8.37. The van der Waals surface area contributed by atoms with Crippen LogP contribution in [-0.2, 0) is 6.54 Å². The molecule has 1 amide bonds. The number of rotatable bonds is 3. The topological polar surface area (TPSA) is 84.6 Å². The number of aromatic hydroxyl groups is 1. The maximum atomic E-state index is 12.8. The molecule has 6 heteroatoms. The molecule has 0 fully saturated rings. The first-order chi connectivity index (χ1) is 13.3. The van der Waals surface area contributed by atoms with Crippen molar-refractivity contribution in [3.63, 3.8) is 0 Å². The quantitative estimate of drug-likeness (QED) is 0.776. The van der Waals surface area contributed by atoms with Crippen LogP contribution in [0.25, 0.3) is 0 Å². The minimum atomic E-state index is -0.341. The predicted molar refractivity (Wildman–Crippen MR) is 104 cm³/mol. The number of carbonyl (C=O) groups is 1. The summed E-state index contributed by atoms with van der Waals surface area (Å²) >= 11 is 0. The van der Waals surface area contributed by atoms with Gasteiger partial charge >= 0.3 is 0 Å². The smallest absolute Gasteiger partial charge is 0.255 e. The zero-order valence-corrected chi connectivity index (χ0v) is 16.7. The zero-order valence-electron chi connectivity index (χ0n) is 16.7. The summed E-state index contributed by atoms with van der Waals surface area (Å²) < 4.78 is 11.5. The van der Waals surface area contributed by atoms with Crippen molar-refractivity contribution in [2.45, 2.75) is 58.6 Å². The van der Waals surface area contributed by atoms with Crippen molar-refractivity contribution in [1.82, 2.24) is 10.3 Å². The molecule has 2 aliphatic rings. The lowest BCUT2D eigenvalue weighted by molar-refractivity contribution is 0.0107. The van der Waals surface area contributed by atoms with Crippen LogP contribution < -0.4 is 10.1 Å². The zero-order chi connectivity index (χ0) is 20.1. The monoisotopic (exact) mass is 382 g/mol. The molecule has 2 unspecified atom stereocenters. The fourth-order valence-electron chi connectivity index (χ4n) is 4.56. The van der Waals surface area contributed by atoms with E-state index < -0.39 is 0 Å². The van der Waals surface area contributed by atoms with Gasteiger partial charge in [-0.3, -0.25) is 4.79 Å². The van der Waals surface area contributed by atoms with E-state index in [0.29, 0.717) is 17.1 Å². The van der Waals surface area contributed by atoms with E-state index in [1.807, 2.05) is 13.0 Å². The Hall–Kier alpha value is -2.76. The van der Waals surface area contributed by atoms with E-state index in [9.17, 15) is 9.90 Å². The van der Waals surface area contributed by atoms with E-state index >= 15 is 0 Å². The van der Waals surface area contributed by atoms with Gasteiger partial charge in [0.2, 0.25) is 0 Å². The number of aryl methyl sites for hydroxylation is 1. The van der Waals surface area contributed by atoms with Crippen molar-refractivity contribution < 1.29 is 19.1 Å². The number of benzene rings is 1. The molecule has 2 N–H and O–H groups in total. The molecule has 0 bridgehead atoms. The molecule has 1 aliphatic carbocycles. The Bertz CT molecular complexity index is 944. The van der Waals surface area contributed by atoms with E-state index in [2.05, 4.69) is 37.1 Å². The number of allylic oxidation sites excluding steroid dienone is 2. The molecule has 1 aromatic heterocycles. The summed E-state index contributed by atoms with van der Waals surface area (Å²) in [4.78, 5) is 16.7. The molecule has 0 saturated carbocycles. The van der Waals surface area contributed by atoms with E-state index in [1.54, 1.807) is 6.20 Å². The third-order valence-electron chi connectivity index (χ3n) is 5.98. The minimum Gasteiger partial charge on any atom is -0.507 e. The summed E-state index contributed by atoms with van der Waals surface area (Å²) in [7, 11) is 0. The molecule has 28 heavy (non-hydrogen) atoms. The van der Waals surface area contributed by atoms with Gasteiger partial charge in [-0.1, -0.05) is 11.6 Å². The Kier molecular flexibility index (Phi) is 4.44. The van der Waals surface area contributed by atoms with Crippen molar-refractivity contribution in [1.29, 1.82) is 0 Å². The van der Waals surface area contributed by atoms with E-state index in [0.717, 1.165) is 18.4 Å². The van der Waals surface area contributed by atoms with Gasteiger partial charge in [0, 0.05) is 17.4 Å². The molecule has 6 nitrogen and oxygen atoms in total. The number of ether oxygens (including phenoxy) is 1. The van der Waals surface area contributed by atoms with E-state index in [4.69, 9.17) is 9.15 Å². The Labute approximate surface area is 164 Å². The number of carbonyl (C=O) groups excluding carboxylic acids is 1. The molecule has 1 aromatic carbocycles. The number of oxazole rings is 1. The van der Waals surface area contributed by atoms with Crippen LogP contribution in [0.15, 0.2) is 34.7 Å². The van der Waals surface area contributed by atoms with Gasteiger partial charge in [0.15, 0.2) is 6.39 Å². The Balaban J connectivity index is 1.74. The van der Waals surface area contributed by atoms with Crippen molar-refractivity contribution >= 4 is 5.91 Å². The normalized spacial score (nSPS) is 22.5. The number of nitrogens with one attached hydrogen (secondary N) is 1. The van der Waals surface area contributed by atoms with Crippen molar-refractivity contribution in [2.75, 3.05) is 0 Å². The third-order valence-corrected chi connectivity index (χ3v) is 5.98. The number of fused-ring (bicyclic) bond motifs is 3. The third kappa shape index (κ3) is 3.07. The highest BCUT2D eigenvalue weighted by Crippen LogP contribution is 2.54. The van der Waals surface area contributed by atoms with Crippen LogP contribution in [0.4, 0.5) is 0 Å². The lowest BCUT2D eigenvalue weighted by Gasteiger charge is -2.46. The van der Waals surface area contributed by atoms with Gasteiger partial charge in [-0.2, -0.15) is 0 Å².